The molecule has 0 unspecified atom stereocenters. The van der Waals surface area contributed by atoms with Crippen molar-refractivity contribution in [1.82, 2.24) is 0 Å². The van der Waals surface area contributed by atoms with Gasteiger partial charge in [-0.05, 0) is 49.4 Å². The van der Waals surface area contributed by atoms with Gasteiger partial charge in [0, 0.05) is 25.2 Å². The molecule has 0 amide bonds. The van der Waals surface area contributed by atoms with Crippen LogP contribution in [-0.2, 0) is 19.0 Å². The van der Waals surface area contributed by atoms with Gasteiger partial charge in [-0.25, -0.2) is 4.79 Å². The van der Waals surface area contributed by atoms with Crippen LogP contribution in [0, 0.1) is 22.7 Å². The van der Waals surface area contributed by atoms with Crippen LogP contribution >= 0.6 is 0 Å². The molecule has 8 nitrogen and oxygen atoms in total. The number of ether oxygens (including phenoxy) is 3. The van der Waals surface area contributed by atoms with Gasteiger partial charge < -0.3 is 34.6 Å². The summed E-state index contributed by atoms with van der Waals surface area (Å²) in [6.45, 7) is 6.03. The Hall–Kier alpha value is -1.03. The Morgan fingerprint density at radius 3 is 2.47 bits per heavy atom. The third-order valence-electron chi connectivity index (χ3n) is 8.48. The normalized spacial score (nSPS) is 48.9. The lowest BCUT2D eigenvalue weighted by Crippen LogP contribution is -2.58. The lowest BCUT2D eigenvalue weighted by Gasteiger charge is -2.59. The first-order chi connectivity index (χ1) is 14.0. The van der Waals surface area contributed by atoms with Gasteiger partial charge in [0.2, 0.25) is 0 Å². The Kier molecular flexibility index (Phi) is 6.42. The Balaban J connectivity index is 1.91. The monoisotopic (exact) mass is 428 g/mol. The summed E-state index contributed by atoms with van der Waals surface area (Å²) in [6.07, 6.45) is 0.288. The summed E-state index contributed by atoms with van der Waals surface area (Å²) in [7, 11) is 2.80. The highest BCUT2D eigenvalue weighted by atomic mass is 16.8. The molecule has 0 aromatic carbocycles. The summed E-state index contributed by atoms with van der Waals surface area (Å²) in [6, 6.07) is 0. The molecule has 0 aromatic rings. The van der Waals surface area contributed by atoms with E-state index in [0.29, 0.717) is 19.3 Å². The third kappa shape index (κ3) is 3.32. The highest BCUT2D eigenvalue weighted by Gasteiger charge is 2.61. The zero-order valence-corrected chi connectivity index (χ0v) is 18.5. The predicted molar refractivity (Wildman–Crippen MR) is 107 cm³/mol. The van der Waals surface area contributed by atoms with Gasteiger partial charge in [-0.2, -0.15) is 0 Å². The number of methoxy groups -OCH3 is 2. The van der Waals surface area contributed by atoms with Crippen molar-refractivity contribution < 1.29 is 39.4 Å². The van der Waals surface area contributed by atoms with E-state index < -0.39 is 41.8 Å². The maximum absolute atomic E-state index is 12.0. The van der Waals surface area contributed by atoms with Crippen LogP contribution in [0.15, 0.2) is 11.6 Å². The number of aliphatic hydroxyl groups excluding tert-OH is 2. The quantitative estimate of drug-likeness (QED) is 0.503. The van der Waals surface area contributed by atoms with Crippen LogP contribution in [-0.4, -0.2) is 71.0 Å². The minimum atomic E-state index is -1.65. The molecule has 3 rings (SSSR count). The molecule has 2 aliphatic carbocycles. The van der Waals surface area contributed by atoms with Crippen LogP contribution < -0.4 is 0 Å². The van der Waals surface area contributed by atoms with Gasteiger partial charge >= 0.3 is 5.97 Å². The second-order valence-corrected chi connectivity index (χ2v) is 9.74. The van der Waals surface area contributed by atoms with Crippen molar-refractivity contribution >= 4 is 5.97 Å². The maximum atomic E-state index is 12.0. The number of carboxylic acid groups (broad SMARTS) is 1. The molecular weight excluding hydrogens is 392 g/mol. The second-order valence-electron chi connectivity index (χ2n) is 9.74. The molecule has 9 atom stereocenters. The van der Waals surface area contributed by atoms with Crippen LogP contribution in [0.2, 0.25) is 0 Å². The molecule has 1 saturated heterocycles. The second kappa shape index (κ2) is 8.15. The van der Waals surface area contributed by atoms with Crippen molar-refractivity contribution in [2.24, 2.45) is 22.7 Å². The van der Waals surface area contributed by atoms with Gasteiger partial charge in [-0.3, -0.25) is 0 Å². The number of aliphatic carboxylic acids is 1. The molecule has 3 aliphatic rings. The fourth-order valence-corrected chi connectivity index (χ4v) is 6.33. The van der Waals surface area contributed by atoms with Gasteiger partial charge in [0.15, 0.2) is 12.6 Å². The predicted octanol–water partition coefficient (Wildman–Crippen LogP) is 1.67. The Bertz CT molecular complexity index is 691. The van der Waals surface area contributed by atoms with Crippen molar-refractivity contribution in [2.75, 3.05) is 14.2 Å². The Morgan fingerprint density at radius 2 is 1.90 bits per heavy atom. The first kappa shape index (κ1) is 23.6. The first-order valence-corrected chi connectivity index (χ1v) is 10.7. The fraction of sp³-hybridized carbons (Fsp3) is 0.864. The molecule has 0 spiro atoms. The number of fused-ring (bicyclic) bond motifs is 1. The number of hydrogen-bond donors (Lipinski definition) is 4. The highest BCUT2D eigenvalue weighted by molar-refractivity contribution is 5.88. The molecule has 2 fully saturated rings. The van der Waals surface area contributed by atoms with E-state index in [0.717, 1.165) is 6.42 Å². The number of rotatable bonds is 6. The summed E-state index contributed by atoms with van der Waals surface area (Å²) >= 11 is 0. The van der Waals surface area contributed by atoms with E-state index in [1.807, 2.05) is 6.92 Å². The molecule has 1 heterocycles. The van der Waals surface area contributed by atoms with E-state index >= 15 is 0 Å². The lowest BCUT2D eigenvalue weighted by molar-refractivity contribution is -0.222. The highest BCUT2D eigenvalue weighted by Crippen LogP contribution is 2.62. The van der Waals surface area contributed by atoms with E-state index in [-0.39, 0.29) is 29.2 Å². The van der Waals surface area contributed by atoms with Crippen LogP contribution in [0.3, 0.4) is 0 Å². The zero-order valence-electron chi connectivity index (χ0n) is 18.5. The molecule has 0 aromatic heterocycles. The Morgan fingerprint density at radius 1 is 1.23 bits per heavy atom. The molecule has 172 valence electrons. The van der Waals surface area contributed by atoms with Crippen molar-refractivity contribution in [3.05, 3.63) is 11.6 Å². The molecule has 0 radical (unpaired) electrons. The number of carboxylic acids is 1. The number of aliphatic hydroxyl groups is 3. The number of carbonyl (C=O) groups is 1. The average Bonchev–Trinajstić information content (AvgIpc) is 2.95. The third-order valence-corrected chi connectivity index (χ3v) is 8.48. The van der Waals surface area contributed by atoms with Crippen molar-refractivity contribution in [1.29, 1.82) is 0 Å². The molecule has 4 N–H and O–H groups in total. The van der Waals surface area contributed by atoms with E-state index in [2.05, 4.69) is 13.8 Å². The van der Waals surface area contributed by atoms with Crippen molar-refractivity contribution in [3.8, 4) is 0 Å². The van der Waals surface area contributed by atoms with Crippen molar-refractivity contribution in [2.45, 2.75) is 83.3 Å². The Labute approximate surface area is 177 Å². The largest absolute Gasteiger partial charge is 0.478 e. The van der Waals surface area contributed by atoms with Gasteiger partial charge in [-0.15, -0.1) is 0 Å². The van der Waals surface area contributed by atoms with Gasteiger partial charge in [0.05, 0.1) is 6.10 Å². The smallest absolute Gasteiger partial charge is 0.331 e. The SMILES string of the molecule is CO[C@@H]1O[C@H](OC)[C@@](O)(CC[C@@]2(C)[C@H](C)C[C@H](O)[C@@]3(C)C(C(=O)O)=CCC[C@@H]23)[C@H]1O. The van der Waals surface area contributed by atoms with Crippen LogP contribution in [0.4, 0.5) is 0 Å². The standard InChI is InChI=1S/C22H36O8/c1-12-11-15(23)21(3)13(17(25)26)7-6-8-14(21)20(12,2)9-10-22(27)16(24)18(28-4)30-19(22)29-5/h7,12,14-16,18-19,23-24,27H,6,8-11H2,1-5H3,(H,25,26)/t12-,14+,15+,16+,18-,19+,20+,21+,22-/m1/s1. The zero-order chi connectivity index (χ0) is 22.5. The molecule has 1 aliphatic heterocycles. The summed E-state index contributed by atoms with van der Waals surface area (Å²) in [5, 5.41) is 42.6. The summed E-state index contributed by atoms with van der Waals surface area (Å²) in [5.41, 5.74) is -2.59. The summed E-state index contributed by atoms with van der Waals surface area (Å²) in [5.74, 6) is -0.970. The van der Waals surface area contributed by atoms with E-state index in [9.17, 15) is 25.2 Å². The number of allylic oxidation sites excluding steroid dienone is 1. The van der Waals surface area contributed by atoms with Crippen molar-refractivity contribution in [3.63, 3.8) is 0 Å². The van der Waals surface area contributed by atoms with Crippen LogP contribution in [0.25, 0.3) is 0 Å². The molecule has 0 bridgehead atoms. The first-order valence-electron chi connectivity index (χ1n) is 10.7. The molecule has 30 heavy (non-hydrogen) atoms. The average molecular weight is 429 g/mol. The summed E-state index contributed by atoms with van der Waals surface area (Å²) in [4.78, 5) is 12.0. The summed E-state index contributed by atoms with van der Waals surface area (Å²) < 4.78 is 15.9. The molecular formula is C22H36O8. The number of hydrogen-bond acceptors (Lipinski definition) is 7. The minimum Gasteiger partial charge on any atom is -0.478 e. The van der Waals surface area contributed by atoms with Gasteiger partial charge in [0.1, 0.15) is 11.7 Å². The minimum absolute atomic E-state index is 0.0814. The van der Waals surface area contributed by atoms with E-state index in [4.69, 9.17) is 14.2 Å². The molecule has 8 heteroatoms. The van der Waals surface area contributed by atoms with E-state index in [1.54, 1.807) is 6.08 Å². The topological polar surface area (TPSA) is 126 Å². The van der Waals surface area contributed by atoms with Gasteiger partial charge in [-0.1, -0.05) is 26.8 Å². The van der Waals surface area contributed by atoms with Crippen LogP contribution in [0.1, 0.15) is 52.9 Å². The maximum Gasteiger partial charge on any atom is 0.331 e. The van der Waals surface area contributed by atoms with Gasteiger partial charge in [0.25, 0.3) is 0 Å². The molecule has 1 saturated carbocycles. The fourth-order valence-electron chi connectivity index (χ4n) is 6.33. The lowest BCUT2D eigenvalue weighted by atomic mass is 9.45. The van der Waals surface area contributed by atoms with E-state index in [1.165, 1.54) is 14.2 Å². The van der Waals surface area contributed by atoms with Crippen LogP contribution in [0.5, 0.6) is 0 Å².